The maximum absolute atomic E-state index is 12.3. The third kappa shape index (κ3) is 2.51. The predicted octanol–water partition coefficient (Wildman–Crippen LogP) is 1.88. The van der Waals surface area contributed by atoms with E-state index in [1.54, 1.807) is 0 Å². The van der Waals surface area contributed by atoms with Crippen molar-refractivity contribution in [1.82, 2.24) is 0 Å². The number of carbonyl (C=O) groups is 1. The van der Waals surface area contributed by atoms with E-state index in [9.17, 15) is 13.6 Å². The smallest absolute Gasteiger partial charge is 0.358 e. The van der Waals surface area contributed by atoms with Crippen molar-refractivity contribution in [2.24, 2.45) is 0 Å². The lowest BCUT2D eigenvalue weighted by molar-refractivity contribution is -0.364. The zero-order valence-corrected chi connectivity index (χ0v) is 8.05. The third-order valence-corrected chi connectivity index (χ3v) is 1.93. The van der Waals surface area contributed by atoms with Crippen LogP contribution in [0.3, 0.4) is 0 Å². The molecule has 2 unspecified atom stereocenters. The van der Waals surface area contributed by atoms with Crippen molar-refractivity contribution in [1.29, 1.82) is 0 Å². The van der Waals surface area contributed by atoms with Gasteiger partial charge in [-0.15, -0.1) is 0 Å². The molecule has 1 heterocycles. The molecule has 1 fully saturated rings. The number of rotatable bonds is 3. The minimum atomic E-state index is -3.06. The normalized spacial score (nSPS) is 26.1. The lowest BCUT2D eigenvalue weighted by Gasteiger charge is -2.37. The number of esters is 1. The monoisotopic (exact) mass is 206 g/mol. The molecule has 14 heavy (non-hydrogen) atoms. The van der Waals surface area contributed by atoms with E-state index in [0.717, 1.165) is 0 Å². The zero-order chi connectivity index (χ0) is 10.9. The largest absolute Gasteiger partial charge is 0.457 e. The van der Waals surface area contributed by atoms with E-state index in [0.29, 0.717) is 0 Å². The van der Waals surface area contributed by atoms with Crippen molar-refractivity contribution in [3.8, 4) is 0 Å². The summed E-state index contributed by atoms with van der Waals surface area (Å²) in [6.07, 6.45) is -4.85. The average molecular weight is 206 g/mol. The Labute approximate surface area is 80.7 Å². The summed E-state index contributed by atoms with van der Waals surface area (Å²) in [7, 11) is 0. The fourth-order valence-electron chi connectivity index (χ4n) is 1.05. The van der Waals surface area contributed by atoms with Crippen LogP contribution in [0.2, 0.25) is 0 Å². The van der Waals surface area contributed by atoms with Crippen molar-refractivity contribution in [2.75, 3.05) is 0 Å². The quantitative estimate of drug-likeness (QED) is 0.522. The van der Waals surface area contributed by atoms with Gasteiger partial charge in [-0.3, -0.25) is 0 Å². The standard InChI is InChI=1S/C9H12F2O3/c1-5(2)8(12)13-6(3)7-4-9(10,11)14-7/h6-7H,1,4H2,2-3H3. The molecule has 0 saturated carbocycles. The topological polar surface area (TPSA) is 35.5 Å². The van der Waals surface area contributed by atoms with Gasteiger partial charge in [-0.2, -0.15) is 8.78 Å². The van der Waals surface area contributed by atoms with Crippen LogP contribution in [0.4, 0.5) is 8.78 Å². The van der Waals surface area contributed by atoms with Gasteiger partial charge in [0.15, 0.2) is 0 Å². The highest BCUT2D eigenvalue weighted by Gasteiger charge is 2.50. The molecule has 80 valence electrons. The van der Waals surface area contributed by atoms with E-state index < -0.39 is 30.7 Å². The molecular weight excluding hydrogens is 194 g/mol. The molecule has 0 spiro atoms. The van der Waals surface area contributed by atoms with Gasteiger partial charge >= 0.3 is 12.1 Å². The fraction of sp³-hybridized carbons (Fsp3) is 0.667. The number of hydrogen-bond donors (Lipinski definition) is 0. The average Bonchev–Trinajstić information content (AvgIpc) is 1.99. The summed E-state index contributed by atoms with van der Waals surface area (Å²) in [5.41, 5.74) is 0.239. The van der Waals surface area contributed by atoms with Crippen LogP contribution in [-0.4, -0.2) is 24.3 Å². The van der Waals surface area contributed by atoms with E-state index >= 15 is 0 Å². The predicted molar refractivity (Wildman–Crippen MR) is 44.8 cm³/mol. The van der Waals surface area contributed by atoms with Crippen LogP contribution in [0, 0.1) is 0 Å². The Morgan fingerprint density at radius 2 is 2.21 bits per heavy atom. The zero-order valence-electron chi connectivity index (χ0n) is 8.05. The van der Waals surface area contributed by atoms with Crippen molar-refractivity contribution in [3.63, 3.8) is 0 Å². The molecule has 0 amide bonds. The van der Waals surface area contributed by atoms with Crippen LogP contribution in [-0.2, 0) is 14.3 Å². The Hall–Kier alpha value is -0.970. The number of carbonyl (C=O) groups excluding carboxylic acids is 1. The summed E-state index contributed by atoms with van der Waals surface area (Å²) in [5.74, 6) is -0.587. The van der Waals surface area contributed by atoms with Gasteiger partial charge in [-0.1, -0.05) is 6.58 Å². The Morgan fingerprint density at radius 3 is 2.57 bits per heavy atom. The van der Waals surface area contributed by atoms with E-state index in [4.69, 9.17) is 4.74 Å². The van der Waals surface area contributed by atoms with Crippen LogP contribution < -0.4 is 0 Å². The third-order valence-electron chi connectivity index (χ3n) is 1.93. The van der Waals surface area contributed by atoms with E-state index in [2.05, 4.69) is 11.3 Å². The van der Waals surface area contributed by atoms with Crippen LogP contribution in [0.5, 0.6) is 0 Å². The highest BCUT2D eigenvalue weighted by atomic mass is 19.3. The maximum Gasteiger partial charge on any atom is 0.358 e. The second-order valence-electron chi connectivity index (χ2n) is 3.39. The Kier molecular flexibility index (Phi) is 2.89. The lowest BCUT2D eigenvalue weighted by Crippen LogP contribution is -2.50. The number of hydrogen-bond acceptors (Lipinski definition) is 3. The van der Waals surface area contributed by atoms with Gasteiger partial charge in [-0.05, 0) is 13.8 Å². The first-order valence-corrected chi connectivity index (χ1v) is 4.24. The minimum absolute atomic E-state index is 0.239. The maximum atomic E-state index is 12.3. The second-order valence-corrected chi connectivity index (χ2v) is 3.39. The fourth-order valence-corrected chi connectivity index (χ4v) is 1.05. The first-order chi connectivity index (χ1) is 6.32. The number of ether oxygens (including phenoxy) is 2. The van der Waals surface area contributed by atoms with Crippen LogP contribution in [0.25, 0.3) is 0 Å². The molecule has 0 radical (unpaired) electrons. The highest BCUT2D eigenvalue weighted by molar-refractivity contribution is 5.87. The van der Waals surface area contributed by atoms with E-state index in [1.165, 1.54) is 13.8 Å². The Bertz CT molecular complexity index is 255. The SMILES string of the molecule is C=C(C)C(=O)OC(C)C1CC(F)(F)O1. The second kappa shape index (κ2) is 3.65. The highest BCUT2D eigenvalue weighted by Crippen LogP contribution is 2.37. The Morgan fingerprint density at radius 1 is 1.71 bits per heavy atom. The van der Waals surface area contributed by atoms with Crippen LogP contribution >= 0.6 is 0 Å². The van der Waals surface area contributed by atoms with Gasteiger partial charge < -0.3 is 9.47 Å². The lowest BCUT2D eigenvalue weighted by atomic mass is 10.1. The van der Waals surface area contributed by atoms with Gasteiger partial charge in [0.2, 0.25) is 0 Å². The molecule has 2 atom stereocenters. The summed E-state index contributed by atoms with van der Waals surface area (Å²) in [5, 5.41) is 0. The molecule has 0 N–H and O–H groups in total. The minimum Gasteiger partial charge on any atom is -0.457 e. The molecule has 0 aromatic carbocycles. The number of halogens is 2. The first-order valence-electron chi connectivity index (χ1n) is 4.24. The summed E-state index contributed by atoms with van der Waals surface area (Å²) in [6.45, 7) is 6.38. The first kappa shape index (κ1) is 11.1. The molecular formula is C9H12F2O3. The molecule has 0 aliphatic carbocycles. The summed E-state index contributed by atoms with van der Waals surface area (Å²) < 4.78 is 33.6. The molecule has 1 aliphatic heterocycles. The van der Waals surface area contributed by atoms with Gasteiger partial charge in [0.25, 0.3) is 0 Å². The van der Waals surface area contributed by atoms with Gasteiger partial charge in [0.1, 0.15) is 12.2 Å². The molecule has 0 bridgehead atoms. The van der Waals surface area contributed by atoms with Gasteiger partial charge in [-0.25, -0.2) is 4.79 Å². The van der Waals surface area contributed by atoms with Crippen LogP contribution in [0.15, 0.2) is 12.2 Å². The van der Waals surface area contributed by atoms with Gasteiger partial charge in [0, 0.05) is 5.57 Å². The molecule has 1 aliphatic rings. The summed E-state index contributed by atoms with van der Waals surface area (Å²) >= 11 is 0. The van der Waals surface area contributed by atoms with E-state index in [-0.39, 0.29) is 5.57 Å². The van der Waals surface area contributed by atoms with Crippen molar-refractivity contribution >= 4 is 5.97 Å². The Balaban J connectivity index is 2.34. The molecule has 1 rings (SSSR count). The molecule has 1 saturated heterocycles. The van der Waals surface area contributed by atoms with E-state index in [1.807, 2.05) is 0 Å². The molecule has 0 aromatic rings. The number of alkyl halides is 2. The molecule has 5 heteroatoms. The van der Waals surface area contributed by atoms with Gasteiger partial charge in [0.05, 0.1) is 6.42 Å². The van der Waals surface area contributed by atoms with Crippen LogP contribution in [0.1, 0.15) is 20.3 Å². The van der Waals surface area contributed by atoms with Crippen molar-refractivity contribution < 1.29 is 23.0 Å². The summed E-state index contributed by atoms with van der Waals surface area (Å²) in [4.78, 5) is 11.0. The van der Waals surface area contributed by atoms with Crippen molar-refractivity contribution in [3.05, 3.63) is 12.2 Å². The molecule has 3 nitrogen and oxygen atoms in total. The molecule has 0 aromatic heterocycles. The summed E-state index contributed by atoms with van der Waals surface area (Å²) in [6, 6.07) is 0. The van der Waals surface area contributed by atoms with Crippen molar-refractivity contribution in [2.45, 2.75) is 38.6 Å².